The van der Waals surface area contributed by atoms with Gasteiger partial charge in [0.25, 0.3) is 0 Å². The molecule has 2 fully saturated rings. The lowest BCUT2D eigenvalue weighted by Crippen LogP contribution is -2.39. The van der Waals surface area contributed by atoms with Crippen molar-refractivity contribution in [2.45, 2.75) is 38.3 Å². The third-order valence-electron chi connectivity index (χ3n) is 4.25. The van der Waals surface area contributed by atoms with Crippen molar-refractivity contribution in [3.8, 4) is 0 Å². The maximum absolute atomic E-state index is 12.9. The fraction of sp³-hybridized carbons (Fsp3) is 0.625. The van der Waals surface area contributed by atoms with Crippen molar-refractivity contribution in [3.63, 3.8) is 0 Å². The van der Waals surface area contributed by atoms with Gasteiger partial charge in [0.05, 0.1) is 0 Å². The minimum atomic E-state index is -0.141. The van der Waals surface area contributed by atoms with Gasteiger partial charge < -0.3 is 5.32 Å². The van der Waals surface area contributed by atoms with E-state index in [1.54, 1.807) is 12.1 Å². The van der Waals surface area contributed by atoms with Crippen molar-refractivity contribution < 1.29 is 4.39 Å². The van der Waals surface area contributed by atoms with E-state index in [-0.39, 0.29) is 5.82 Å². The molecule has 0 aromatic heterocycles. The van der Waals surface area contributed by atoms with Gasteiger partial charge in [0, 0.05) is 19.1 Å². The largest absolute Gasteiger partial charge is 0.316 e. The van der Waals surface area contributed by atoms with E-state index < -0.39 is 0 Å². The van der Waals surface area contributed by atoms with Crippen LogP contribution in [0.2, 0.25) is 0 Å². The topological polar surface area (TPSA) is 15.3 Å². The van der Waals surface area contributed by atoms with E-state index in [2.05, 4.69) is 10.2 Å². The average Bonchev–Trinajstić information content (AvgIpc) is 3.26. The maximum Gasteiger partial charge on any atom is 0.123 e. The number of nitrogens with zero attached hydrogens (tertiary/aromatic N) is 1. The lowest BCUT2D eigenvalue weighted by Gasteiger charge is -2.30. The molecule has 1 aliphatic carbocycles. The van der Waals surface area contributed by atoms with Crippen molar-refractivity contribution >= 4 is 0 Å². The van der Waals surface area contributed by atoms with Gasteiger partial charge >= 0.3 is 0 Å². The normalized spacial score (nSPS) is 23.8. The number of nitrogens with one attached hydrogen (secondary N) is 1. The molecule has 1 aromatic rings. The molecule has 3 heteroatoms. The van der Waals surface area contributed by atoms with E-state index in [1.165, 1.54) is 44.3 Å². The van der Waals surface area contributed by atoms with Crippen LogP contribution in [0.4, 0.5) is 4.39 Å². The zero-order valence-corrected chi connectivity index (χ0v) is 11.4. The Labute approximate surface area is 115 Å². The summed E-state index contributed by atoms with van der Waals surface area (Å²) >= 11 is 0. The van der Waals surface area contributed by atoms with Crippen LogP contribution in [0.1, 0.15) is 31.2 Å². The van der Waals surface area contributed by atoms with E-state index in [9.17, 15) is 4.39 Å². The number of benzene rings is 1. The van der Waals surface area contributed by atoms with E-state index >= 15 is 0 Å². The summed E-state index contributed by atoms with van der Waals surface area (Å²) in [5.41, 5.74) is 1.23. The smallest absolute Gasteiger partial charge is 0.123 e. The number of hydrogen-bond acceptors (Lipinski definition) is 2. The third kappa shape index (κ3) is 3.77. The summed E-state index contributed by atoms with van der Waals surface area (Å²) < 4.78 is 12.9. The highest BCUT2D eigenvalue weighted by Crippen LogP contribution is 2.30. The molecule has 1 saturated heterocycles. The van der Waals surface area contributed by atoms with Gasteiger partial charge in [-0.05, 0) is 62.4 Å². The Hall–Kier alpha value is -0.930. The number of rotatable bonds is 5. The van der Waals surface area contributed by atoms with Crippen molar-refractivity contribution in [3.05, 3.63) is 35.6 Å². The molecule has 0 spiro atoms. The molecule has 0 amide bonds. The van der Waals surface area contributed by atoms with Crippen LogP contribution in [0.5, 0.6) is 0 Å². The van der Waals surface area contributed by atoms with Crippen LogP contribution in [-0.4, -0.2) is 30.6 Å². The summed E-state index contributed by atoms with van der Waals surface area (Å²) in [6, 6.07) is 7.76. The van der Waals surface area contributed by atoms with Crippen LogP contribution in [-0.2, 0) is 6.54 Å². The molecule has 104 valence electrons. The van der Waals surface area contributed by atoms with Gasteiger partial charge in [-0.1, -0.05) is 12.1 Å². The monoisotopic (exact) mass is 262 g/mol. The first-order chi connectivity index (χ1) is 9.31. The third-order valence-corrected chi connectivity index (χ3v) is 4.25. The zero-order chi connectivity index (χ0) is 13.1. The summed E-state index contributed by atoms with van der Waals surface area (Å²) in [6.45, 7) is 4.50. The Morgan fingerprint density at radius 1 is 1.16 bits per heavy atom. The van der Waals surface area contributed by atoms with E-state index in [0.717, 1.165) is 25.0 Å². The second-order valence-corrected chi connectivity index (χ2v) is 6.00. The van der Waals surface area contributed by atoms with Crippen LogP contribution in [0.15, 0.2) is 24.3 Å². The quantitative estimate of drug-likeness (QED) is 0.878. The van der Waals surface area contributed by atoms with Crippen molar-refractivity contribution in [1.29, 1.82) is 0 Å². The molecule has 1 unspecified atom stereocenters. The molecule has 0 bridgehead atoms. The predicted octanol–water partition coefficient (Wildman–Crippen LogP) is 2.79. The Kier molecular flexibility index (Phi) is 4.14. The molecule has 1 saturated carbocycles. The number of hydrogen-bond donors (Lipinski definition) is 1. The van der Waals surface area contributed by atoms with E-state index in [4.69, 9.17) is 0 Å². The lowest BCUT2D eigenvalue weighted by molar-refractivity contribution is 0.192. The first-order valence-corrected chi connectivity index (χ1v) is 7.50. The summed E-state index contributed by atoms with van der Waals surface area (Å²) in [5.74, 6) is 0.646. The molecule has 19 heavy (non-hydrogen) atoms. The zero-order valence-electron chi connectivity index (χ0n) is 11.4. The first kappa shape index (κ1) is 13.1. The van der Waals surface area contributed by atoms with Gasteiger partial charge in [-0.2, -0.15) is 0 Å². The summed E-state index contributed by atoms with van der Waals surface area (Å²) in [4.78, 5) is 2.60. The Balaban J connectivity index is 1.59. The molecule has 2 aliphatic rings. The van der Waals surface area contributed by atoms with E-state index in [0.29, 0.717) is 0 Å². The van der Waals surface area contributed by atoms with Gasteiger partial charge in [-0.25, -0.2) is 4.39 Å². The summed E-state index contributed by atoms with van der Waals surface area (Å²) in [7, 11) is 0. The molecule has 1 aliphatic heterocycles. The minimum absolute atomic E-state index is 0.141. The Morgan fingerprint density at radius 3 is 2.58 bits per heavy atom. The minimum Gasteiger partial charge on any atom is -0.316 e. The van der Waals surface area contributed by atoms with Crippen LogP contribution >= 0.6 is 0 Å². The van der Waals surface area contributed by atoms with Crippen molar-refractivity contribution in [1.82, 2.24) is 10.2 Å². The fourth-order valence-electron chi connectivity index (χ4n) is 3.02. The second-order valence-electron chi connectivity index (χ2n) is 6.00. The number of halogens is 1. The van der Waals surface area contributed by atoms with Gasteiger partial charge in [-0.15, -0.1) is 0 Å². The molecule has 0 radical (unpaired) electrons. The van der Waals surface area contributed by atoms with Crippen LogP contribution in [0, 0.1) is 11.7 Å². The fourth-order valence-corrected chi connectivity index (χ4v) is 3.02. The van der Waals surface area contributed by atoms with Crippen molar-refractivity contribution in [2.24, 2.45) is 5.92 Å². The van der Waals surface area contributed by atoms with Gasteiger partial charge in [0.2, 0.25) is 0 Å². The maximum atomic E-state index is 12.9. The highest BCUT2D eigenvalue weighted by atomic mass is 19.1. The molecule has 1 aromatic carbocycles. The Morgan fingerprint density at radius 2 is 1.95 bits per heavy atom. The molecular formula is C16H23FN2. The van der Waals surface area contributed by atoms with Crippen LogP contribution in [0.3, 0.4) is 0 Å². The standard InChI is InChI=1S/C16H23FN2/c17-15-5-3-13(4-6-15)11-19(16-7-8-16)12-14-2-1-9-18-10-14/h3-6,14,16,18H,1-2,7-12H2. The molecule has 3 rings (SSSR count). The van der Waals surface area contributed by atoms with Crippen LogP contribution in [0.25, 0.3) is 0 Å². The molecule has 1 N–H and O–H groups in total. The van der Waals surface area contributed by atoms with Gasteiger partial charge in [0.15, 0.2) is 0 Å². The molecular weight excluding hydrogens is 239 g/mol. The summed E-state index contributed by atoms with van der Waals surface area (Å²) in [6.07, 6.45) is 5.32. The predicted molar refractivity (Wildman–Crippen MR) is 75.4 cm³/mol. The second kappa shape index (κ2) is 6.02. The molecule has 1 heterocycles. The molecule has 1 atom stereocenters. The van der Waals surface area contributed by atoms with Gasteiger partial charge in [-0.3, -0.25) is 4.90 Å². The van der Waals surface area contributed by atoms with Crippen LogP contribution < -0.4 is 5.32 Å². The number of piperidine rings is 1. The Bertz CT molecular complexity index is 394. The van der Waals surface area contributed by atoms with Gasteiger partial charge in [0.1, 0.15) is 5.82 Å². The average molecular weight is 262 g/mol. The highest BCUT2D eigenvalue weighted by molar-refractivity contribution is 5.16. The highest BCUT2D eigenvalue weighted by Gasteiger charge is 2.30. The van der Waals surface area contributed by atoms with E-state index in [1.807, 2.05) is 12.1 Å². The van der Waals surface area contributed by atoms with Crippen molar-refractivity contribution in [2.75, 3.05) is 19.6 Å². The molecule has 2 nitrogen and oxygen atoms in total. The first-order valence-electron chi connectivity index (χ1n) is 7.50. The summed E-state index contributed by atoms with van der Waals surface area (Å²) in [5, 5.41) is 3.49. The lowest BCUT2D eigenvalue weighted by atomic mass is 9.98. The SMILES string of the molecule is Fc1ccc(CN(CC2CCCNC2)C2CC2)cc1.